The zero-order chi connectivity index (χ0) is 29.7. The van der Waals surface area contributed by atoms with Crippen molar-refractivity contribution in [3.63, 3.8) is 0 Å². The van der Waals surface area contributed by atoms with E-state index in [2.05, 4.69) is 5.32 Å². The van der Waals surface area contributed by atoms with E-state index in [0.29, 0.717) is 5.69 Å². The van der Waals surface area contributed by atoms with Gasteiger partial charge in [-0.3, -0.25) is 13.9 Å². The van der Waals surface area contributed by atoms with Gasteiger partial charge in [-0.1, -0.05) is 60.9 Å². The molecule has 0 aromatic heterocycles. The molecule has 0 aliphatic heterocycles. The fourth-order valence-corrected chi connectivity index (χ4v) is 6.60. The highest BCUT2D eigenvalue weighted by Gasteiger charge is 2.33. The van der Waals surface area contributed by atoms with Gasteiger partial charge in [-0.15, -0.1) is 0 Å². The van der Waals surface area contributed by atoms with E-state index in [1.54, 1.807) is 43.3 Å². The Labute approximate surface area is 244 Å². The van der Waals surface area contributed by atoms with Gasteiger partial charge in [0.15, 0.2) is 0 Å². The van der Waals surface area contributed by atoms with E-state index in [-0.39, 0.29) is 23.4 Å². The van der Waals surface area contributed by atoms with Crippen LogP contribution in [0.25, 0.3) is 0 Å². The SMILES string of the molecule is Cc1ccc(S(=O)(=O)N(CC(=O)N(Cc2ccccc2C)[C@@H](C)C(=O)NC2CCCC2)c2ccc(C)c(C)c2)cc1. The summed E-state index contributed by atoms with van der Waals surface area (Å²) < 4.78 is 29.2. The second-order valence-corrected chi connectivity index (χ2v) is 13.1. The van der Waals surface area contributed by atoms with Crippen LogP contribution in [0.1, 0.15) is 60.4 Å². The fourth-order valence-electron chi connectivity index (χ4n) is 5.19. The van der Waals surface area contributed by atoms with Crippen LogP contribution in [-0.4, -0.2) is 43.8 Å². The van der Waals surface area contributed by atoms with E-state index >= 15 is 0 Å². The molecular formula is C33H41N3O4S. The molecule has 3 aromatic rings. The Balaban J connectivity index is 1.71. The topological polar surface area (TPSA) is 86.8 Å². The number of rotatable bonds is 10. The Morgan fingerprint density at radius 1 is 0.878 bits per heavy atom. The maximum absolute atomic E-state index is 14.1. The van der Waals surface area contributed by atoms with Crippen molar-refractivity contribution < 1.29 is 18.0 Å². The number of anilines is 1. The van der Waals surface area contributed by atoms with Crippen LogP contribution in [0.15, 0.2) is 71.6 Å². The van der Waals surface area contributed by atoms with Crippen molar-refractivity contribution in [1.29, 1.82) is 0 Å². The van der Waals surface area contributed by atoms with E-state index in [4.69, 9.17) is 0 Å². The lowest BCUT2D eigenvalue weighted by molar-refractivity contribution is -0.139. The molecule has 1 fully saturated rings. The average molecular weight is 576 g/mol. The van der Waals surface area contributed by atoms with Gasteiger partial charge in [-0.2, -0.15) is 0 Å². The first-order valence-electron chi connectivity index (χ1n) is 14.3. The van der Waals surface area contributed by atoms with E-state index in [0.717, 1.165) is 53.5 Å². The Bertz CT molecular complexity index is 1500. The molecule has 4 rings (SSSR count). The summed E-state index contributed by atoms with van der Waals surface area (Å²) in [6, 6.07) is 19.0. The normalized spacial score (nSPS) is 14.5. The summed E-state index contributed by atoms with van der Waals surface area (Å²) >= 11 is 0. The summed E-state index contributed by atoms with van der Waals surface area (Å²) in [4.78, 5) is 29.1. The Morgan fingerprint density at radius 3 is 2.17 bits per heavy atom. The smallest absolute Gasteiger partial charge is 0.264 e. The molecule has 0 bridgehead atoms. The van der Waals surface area contributed by atoms with Gasteiger partial charge in [0.2, 0.25) is 11.8 Å². The van der Waals surface area contributed by atoms with Crippen molar-refractivity contribution in [1.82, 2.24) is 10.2 Å². The molecular weight excluding hydrogens is 534 g/mol. The Morgan fingerprint density at radius 2 is 1.54 bits per heavy atom. The number of carbonyl (C=O) groups excluding carboxylic acids is 2. The zero-order valence-corrected chi connectivity index (χ0v) is 25.5. The first-order valence-corrected chi connectivity index (χ1v) is 15.7. The molecule has 1 N–H and O–H groups in total. The lowest BCUT2D eigenvalue weighted by Crippen LogP contribution is -2.52. The molecule has 3 aromatic carbocycles. The van der Waals surface area contributed by atoms with Crippen molar-refractivity contribution in [2.45, 2.75) is 83.8 Å². The third-order valence-electron chi connectivity index (χ3n) is 8.14. The van der Waals surface area contributed by atoms with Gasteiger partial charge < -0.3 is 10.2 Å². The summed E-state index contributed by atoms with van der Waals surface area (Å²) in [5.41, 5.74) is 5.17. The van der Waals surface area contributed by atoms with Gasteiger partial charge in [-0.25, -0.2) is 8.42 Å². The predicted octanol–water partition coefficient (Wildman–Crippen LogP) is 5.59. The van der Waals surface area contributed by atoms with Crippen LogP contribution in [0.3, 0.4) is 0 Å². The van der Waals surface area contributed by atoms with Crippen molar-refractivity contribution in [3.8, 4) is 0 Å². The third kappa shape index (κ3) is 7.17. The minimum atomic E-state index is -4.09. The van der Waals surface area contributed by atoms with Crippen molar-refractivity contribution in [2.24, 2.45) is 0 Å². The molecule has 0 heterocycles. The highest BCUT2D eigenvalue weighted by molar-refractivity contribution is 7.92. The summed E-state index contributed by atoms with van der Waals surface area (Å²) in [7, 11) is -4.09. The molecule has 1 aliphatic rings. The van der Waals surface area contributed by atoms with Gasteiger partial charge in [-0.05, 0) is 94.0 Å². The molecule has 0 unspecified atom stereocenters. The molecule has 1 aliphatic carbocycles. The number of nitrogens with zero attached hydrogens (tertiary/aromatic N) is 2. The van der Waals surface area contributed by atoms with Gasteiger partial charge >= 0.3 is 0 Å². The van der Waals surface area contributed by atoms with Crippen LogP contribution in [0.2, 0.25) is 0 Å². The second-order valence-electron chi connectivity index (χ2n) is 11.2. The van der Waals surface area contributed by atoms with Crippen LogP contribution < -0.4 is 9.62 Å². The van der Waals surface area contributed by atoms with Crippen LogP contribution in [0.4, 0.5) is 5.69 Å². The summed E-state index contributed by atoms with van der Waals surface area (Å²) in [5, 5.41) is 3.11. The van der Waals surface area contributed by atoms with Crippen molar-refractivity contribution in [2.75, 3.05) is 10.8 Å². The molecule has 2 amide bonds. The maximum atomic E-state index is 14.1. The molecule has 0 spiro atoms. The van der Waals surface area contributed by atoms with Crippen LogP contribution in [-0.2, 0) is 26.2 Å². The first kappa shape index (κ1) is 30.3. The monoisotopic (exact) mass is 575 g/mol. The quantitative estimate of drug-likeness (QED) is 0.341. The van der Waals surface area contributed by atoms with E-state index in [9.17, 15) is 18.0 Å². The van der Waals surface area contributed by atoms with Gasteiger partial charge in [0.25, 0.3) is 10.0 Å². The summed E-state index contributed by atoms with van der Waals surface area (Å²) in [6.45, 7) is 9.19. The maximum Gasteiger partial charge on any atom is 0.264 e. The molecule has 8 heteroatoms. The average Bonchev–Trinajstić information content (AvgIpc) is 3.45. The zero-order valence-electron chi connectivity index (χ0n) is 24.7. The summed E-state index contributed by atoms with van der Waals surface area (Å²) in [5.74, 6) is -0.672. The van der Waals surface area contributed by atoms with Crippen LogP contribution in [0.5, 0.6) is 0 Å². The number of benzene rings is 3. The van der Waals surface area contributed by atoms with Gasteiger partial charge in [0.05, 0.1) is 10.6 Å². The lowest BCUT2D eigenvalue weighted by Gasteiger charge is -2.33. The Kier molecular flexibility index (Phi) is 9.53. The highest BCUT2D eigenvalue weighted by atomic mass is 32.2. The summed E-state index contributed by atoms with van der Waals surface area (Å²) in [6.07, 6.45) is 4.01. The largest absolute Gasteiger partial charge is 0.352 e. The van der Waals surface area contributed by atoms with Crippen LogP contribution >= 0.6 is 0 Å². The second kappa shape index (κ2) is 12.9. The molecule has 1 atom stereocenters. The molecule has 7 nitrogen and oxygen atoms in total. The fraction of sp³-hybridized carbons (Fsp3) is 0.394. The minimum Gasteiger partial charge on any atom is -0.352 e. The Hall–Kier alpha value is -3.65. The number of nitrogens with one attached hydrogen (secondary N) is 1. The molecule has 218 valence electrons. The van der Waals surface area contributed by atoms with E-state index in [1.165, 1.54) is 9.21 Å². The molecule has 1 saturated carbocycles. The molecule has 41 heavy (non-hydrogen) atoms. The van der Waals surface area contributed by atoms with Gasteiger partial charge in [0.1, 0.15) is 12.6 Å². The van der Waals surface area contributed by atoms with Crippen molar-refractivity contribution >= 4 is 27.5 Å². The van der Waals surface area contributed by atoms with E-state index in [1.807, 2.05) is 58.0 Å². The minimum absolute atomic E-state index is 0.103. The molecule has 0 radical (unpaired) electrons. The number of carbonyl (C=O) groups is 2. The standard InChI is InChI=1S/C33H41N3O4S/c1-23-14-18-31(19-15-23)41(39,40)36(30-17-16-24(2)26(4)20-30)22-32(37)35(21-28-11-7-6-10-25(28)3)27(5)33(38)34-29-12-8-9-13-29/h6-7,10-11,14-20,27,29H,8-9,12-13,21-22H2,1-5H3,(H,34,38)/t27-/m0/s1. The first-order chi connectivity index (χ1) is 19.5. The number of aryl methyl sites for hydroxylation is 4. The lowest BCUT2D eigenvalue weighted by atomic mass is 10.1. The third-order valence-corrected chi connectivity index (χ3v) is 9.93. The highest BCUT2D eigenvalue weighted by Crippen LogP contribution is 2.27. The number of hydrogen-bond acceptors (Lipinski definition) is 4. The van der Waals surface area contributed by atoms with E-state index < -0.39 is 28.5 Å². The molecule has 0 saturated heterocycles. The number of hydrogen-bond donors (Lipinski definition) is 1. The van der Waals surface area contributed by atoms with Gasteiger partial charge in [0, 0.05) is 12.6 Å². The number of sulfonamides is 1. The predicted molar refractivity (Wildman–Crippen MR) is 163 cm³/mol. The van der Waals surface area contributed by atoms with Crippen LogP contribution in [0, 0.1) is 27.7 Å². The number of amides is 2. The van der Waals surface area contributed by atoms with Crippen molar-refractivity contribution in [3.05, 3.63) is 94.5 Å².